The van der Waals surface area contributed by atoms with E-state index in [0.29, 0.717) is 0 Å². The lowest BCUT2D eigenvalue weighted by Crippen LogP contribution is -2.13. The first-order chi connectivity index (χ1) is 23.8. The summed E-state index contributed by atoms with van der Waals surface area (Å²) in [7, 11) is 0. The number of hydrogen-bond donors (Lipinski definition) is 0. The molecule has 0 bridgehead atoms. The monoisotopic (exact) mass is 613 g/mol. The van der Waals surface area contributed by atoms with Crippen molar-refractivity contribution < 1.29 is 4.74 Å². The molecule has 8 aromatic rings. The van der Waals surface area contributed by atoms with Crippen LogP contribution in [0.3, 0.4) is 0 Å². The van der Waals surface area contributed by atoms with Crippen molar-refractivity contribution in [1.29, 1.82) is 0 Å². The van der Waals surface area contributed by atoms with E-state index >= 15 is 0 Å². The third kappa shape index (κ3) is 4.83. The highest BCUT2D eigenvalue weighted by atomic mass is 16.5. The molecule has 0 saturated carbocycles. The molecule has 1 heterocycles. The van der Waals surface area contributed by atoms with E-state index in [1.54, 1.807) is 0 Å². The van der Waals surface area contributed by atoms with Gasteiger partial charge in [-0.2, -0.15) is 0 Å². The Bertz CT molecular complexity index is 2300. The van der Waals surface area contributed by atoms with Crippen LogP contribution < -0.4 is 9.64 Å². The van der Waals surface area contributed by atoms with Gasteiger partial charge in [-0.15, -0.1) is 0 Å². The van der Waals surface area contributed by atoms with Crippen molar-refractivity contribution in [2.24, 2.45) is 0 Å². The van der Waals surface area contributed by atoms with Crippen molar-refractivity contribution in [2.75, 3.05) is 4.90 Å². The first kappa shape index (κ1) is 27.9. The SMILES string of the molecule is c1ccc(-c2ccc(N(c3ccc(-c4ccccc4)cc3)c3c(-c4ccccc4)cc4c5c(cccc35)Oc3ccccc3-4)cc2)cc1. The van der Waals surface area contributed by atoms with Crippen LogP contribution in [0.2, 0.25) is 0 Å². The zero-order valence-corrected chi connectivity index (χ0v) is 26.3. The van der Waals surface area contributed by atoms with E-state index < -0.39 is 0 Å². The summed E-state index contributed by atoms with van der Waals surface area (Å²) in [5.41, 5.74) is 12.7. The number of nitrogens with zero attached hydrogens (tertiary/aromatic N) is 1. The largest absolute Gasteiger partial charge is 0.456 e. The van der Waals surface area contributed by atoms with Gasteiger partial charge >= 0.3 is 0 Å². The van der Waals surface area contributed by atoms with Crippen LogP contribution in [-0.2, 0) is 0 Å². The second kappa shape index (κ2) is 11.8. The molecule has 1 aliphatic heterocycles. The summed E-state index contributed by atoms with van der Waals surface area (Å²) >= 11 is 0. The van der Waals surface area contributed by atoms with Crippen LogP contribution >= 0.6 is 0 Å². The van der Waals surface area contributed by atoms with E-state index in [-0.39, 0.29) is 0 Å². The van der Waals surface area contributed by atoms with Gasteiger partial charge < -0.3 is 9.64 Å². The highest BCUT2D eigenvalue weighted by Gasteiger charge is 2.27. The lowest BCUT2D eigenvalue weighted by Gasteiger charge is -2.32. The van der Waals surface area contributed by atoms with E-state index in [2.05, 4.69) is 187 Å². The third-order valence-corrected chi connectivity index (χ3v) is 9.27. The second-order valence-electron chi connectivity index (χ2n) is 12.1. The molecule has 8 aromatic carbocycles. The van der Waals surface area contributed by atoms with Gasteiger partial charge in [0.2, 0.25) is 0 Å². The maximum atomic E-state index is 6.55. The molecule has 0 spiro atoms. The van der Waals surface area contributed by atoms with Gasteiger partial charge in [0.1, 0.15) is 11.5 Å². The fraction of sp³-hybridized carbons (Fsp3) is 0. The molecule has 0 unspecified atom stereocenters. The van der Waals surface area contributed by atoms with E-state index in [4.69, 9.17) is 4.74 Å². The number of ether oxygens (including phenoxy) is 1. The summed E-state index contributed by atoms with van der Waals surface area (Å²) in [6, 6.07) is 66.9. The van der Waals surface area contributed by atoms with Crippen LogP contribution in [0.4, 0.5) is 17.1 Å². The van der Waals surface area contributed by atoms with Gasteiger partial charge in [0.05, 0.1) is 5.69 Å². The van der Waals surface area contributed by atoms with Crippen LogP contribution in [0.15, 0.2) is 188 Å². The van der Waals surface area contributed by atoms with Crippen molar-refractivity contribution in [3.05, 3.63) is 188 Å². The molecule has 2 heteroatoms. The Kier molecular flexibility index (Phi) is 6.84. The zero-order chi connectivity index (χ0) is 31.9. The smallest absolute Gasteiger partial charge is 0.135 e. The highest BCUT2D eigenvalue weighted by Crippen LogP contribution is 2.54. The molecule has 2 nitrogen and oxygen atoms in total. The molecular weight excluding hydrogens is 583 g/mol. The van der Waals surface area contributed by atoms with E-state index in [1.807, 2.05) is 6.07 Å². The zero-order valence-electron chi connectivity index (χ0n) is 26.3. The molecule has 0 N–H and O–H groups in total. The molecule has 0 aliphatic carbocycles. The Labute approximate surface area is 280 Å². The molecule has 0 fully saturated rings. The van der Waals surface area contributed by atoms with Crippen molar-refractivity contribution >= 4 is 27.8 Å². The van der Waals surface area contributed by atoms with Crippen LogP contribution in [0, 0.1) is 0 Å². The molecule has 0 atom stereocenters. The first-order valence-corrected chi connectivity index (χ1v) is 16.4. The number of benzene rings is 8. The number of rotatable bonds is 6. The number of para-hydroxylation sites is 1. The maximum Gasteiger partial charge on any atom is 0.135 e. The molecule has 48 heavy (non-hydrogen) atoms. The Hall–Kier alpha value is -6.38. The third-order valence-electron chi connectivity index (χ3n) is 9.27. The summed E-state index contributed by atoms with van der Waals surface area (Å²) in [6.45, 7) is 0. The van der Waals surface area contributed by atoms with Gasteiger partial charge in [0, 0.05) is 33.3 Å². The Morgan fingerprint density at radius 2 is 0.812 bits per heavy atom. The van der Waals surface area contributed by atoms with E-state index in [1.165, 1.54) is 27.8 Å². The topological polar surface area (TPSA) is 12.5 Å². The molecule has 1 aliphatic rings. The summed E-state index contributed by atoms with van der Waals surface area (Å²) < 4.78 is 6.55. The van der Waals surface area contributed by atoms with Crippen molar-refractivity contribution in [3.8, 4) is 56.0 Å². The average Bonchev–Trinajstić information content (AvgIpc) is 3.17. The molecule has 226 valence electrons. The minimum Gasteiger partial charge on any atom is -0.456 e. The van der Waals surface area contributed by atoms with Crippen molar-refractivity contribution in [1.82, 2.24) is 0 Å². The molecular formula is C46H31NO. The van der Waals surface area contributed by atoms with Crippen LogP contribution in [0.25, 0.3) is 55.3 Å². The van der Waals surface area contributed by atoms with Gasteiger partial charge in [-0.25, -0.2) is 0 Å². The Balaban J connectivity index is 1.32. The lowest BCUT2D eigenvalue weighted by molar-refractivity contribution is 0.487. The summed E-state index contributed by atoms with van der Waals surface area (Å²) in [5, 5.41) is 2.26. The fourth-order valence-electron chi connectivity index (χ4n) is 6.98. The van der Waals surface area contributed by atoms with Crippen LogP contribution in [-0.4, -0.2) is 0 Å². The normalized spacial score (nSPS) is 11.5. The summed E-state index contributed by atoms with van der Waals surface area (Å²) in [4.78, 5) is 2.41. The Morgan fingerprint density at radius 1 is 0.333 bits per heavy atom. The standard InChI is InChI=1S/C46H31NO/c1-4-13-32(14-5-1)34-23-27-37(28-24-34)47(38-29-25-35(26-30-38)33-15-6-2-7-16-33)46-40-20-12-22-44-45(40)42(39-19-10-11-21-43(39)48-44)31-41(46)36-17-8-3-9-18-36/h1-31H. The number of anilines is 3. The molecule has 0 aromatic heterocycles. The number of hydrogen-bond acceptors (Lipinski definition) is 2. The Morgan fingerprint density at radius 3 is 1.40 bits per heavy atom. The van der Waals surface area contributed by atoms with Gasteiger partial charge in [-0.05, 0) is 75.8 Å². The maximum absolute atomic E-state index is 6.55. The van der Waals surface area contributed by atoms with Gasteiger partial charge in [0.15, 0.2) is 0 Å². The van der Waals surface area contributed by atoms with Crippen LogP contribution in [0.1, 0.15) is 0 Å². The highest BCUT2D eigenvalue weighted by molar-refractivity contribution is 6.15. The molecule has 0 saturated heterocycles. The van der Waals surface area contributed by atoms with Crippen molar-refractivity contribution in [2.45, 2.75) is 0 Å². The summed E-state index contributed by atoms with van der Waals surface area (Å²) in [6.07, 6.45) is 0. The average molecular weight is 614 g/mol. The van der Waals surface area contributed by atoms with E-state index in [9.17, 15) is 0 Å². The minimum absolute atomic E-state index is 0.876. The van der Waals surface area contributed by atoms with Crippen molar-refractivity contribution in [3.63, 3.8) is 0 Å². The first-order valence-electron chi connectivity index (χ1n) is 16.4. The quantitative estimate of drug-likeness (QED) is 0.185. The predicted octanol–water partition coefficient (Wildman–Crippen LogP) is 13.1. The number of fused-ring (bicyclic) bond motifs is 2. The van der Waals surface area contributed by atoms with Gasteiger partial charge in [0.25, 0.3) is 0 Å². The second-order valence-corrected chi connectivity index (χ2v) is 12.1. The fourth-order valence-corrected chi connectivity index (χ4v) is 6.98. The minimum atomic E-state index is 0.876. The van der Waals surface area contributed by atoms with E-state index in [0.717, 1.165) is 56.0 Å². The predicted molar refractivity (Wildman–Crippen MR) is 200 cm³/mol. The summed E-state index contributed by atoms with van der Waals surface area (Å²) in [5.74, 6) is 1.76. The molecule has 9 rings (SSSR count). The lowest BCUT2D eigenvalue weighted by atomic mass is 9.88. The molecule has 0 amide bonds. The van der Waals surface area contributed by atoms with Crippen LogP contribution in [0.5, 0.6) is 11.5 Å². The van der Waals surface area contributed by atoms with Gasteiger partial charge in [-0.3, -0.25) is 0 Å². The molecule has 0 radical (unpaired) electrons. The van der Waals surface area contributed by atoms with Gasteiger partial charge in [-0.1, -0.05) is 146 Å².